The molecule has 0 fully saturated rings. The third-order valence-electron chi connectivity index (χ3n) is 5.77. The largest absolute Gasteiger partial charge is 0.495 e. The fourth-order valence-electron chi connectivity index (χ4n) is 4.00. The third-order valence-corrected chi connectivity index (χ3v) is 5.77. The molecule has 3 aromatic rings. The first-order chi connectivity index (χ1) is 17.0. The Morgan fingerprint density at radius 2 is 1.69 bits per heavy atom. The summed E-state index contributed by atoms with van der Waals surface area (Å²) in [5.41, 5.74) is 2.54. The third kappa shape index (κ3) is 5.75. The molecule has 0 radical (unpaired) electrons. The molecule has 1 aliphatic heterocycles. The van der Waals surface area contributed by atoms with Gasteiger partial charge in [-0.1, -0.05) is 12.1 Å². The van der Waals surface area contributed by atoms with Crippen LogP contribution in [0.3, 0.4) is 0 Å². The molecule has 184 valence electrons. The second kappa shape index (κ2) is 11.0. The van der Waals surface area contributed by atoms with Crippen molar-refractivity contribution in [2.75, 3.05) is 39.8 Å². The smallest absolute Gasteiger partial charge is 0.262 e. The van der Waals surface area contributed by atoms with Crippen LogP contribution < -0.4 is 29.7 Å². The van der Waals surface area contributed by atoms with Crippen LogP contribution in [0.2, 0.25) is 0 Å². The van der Waals surface area contributed by atoms with Crippen LogP contribution in [0.25, 0.3) is 0 Å². The minimum Gasteiger partial charge on any atom is -0.495 e. The summed E-state index contributed by atoms with van der Waals surface area (Å²) >= 11 is 0. The summed E-state index contributed by atoms with van der Waals surface area (Å²) in [5.74, 6) is 2.02. The topological polar surface area (TPSA) is 99.5 Å². The van der Waals surface area contributed by atoms with Gasteiger partial charge in [0.25, 0.3) is 5.91 Å². The van der Waals surface area contributed by atoms with E-state index in [0.717, 1.165) is 24.3 Å². The number of fused-ring (bicyclic) bond motifs is 1. The quantitative estimate of drug-likeness (QED) is 0.498. The van der Waals surface area contributed by atoms with Gasteiger partial charge in [-0.05, 0) is 41.8 Å². The number of rotatable bonds is 9. The predicted octanol–water partition coefficient (Wildman–Crippen LogP) is 3.24. The molecule has 2 aromatic carbocycles. The number of hydrogen-bond donors (Lipinski definition) is 1. The van der Waals surface area contributed by atoms with E-state index in [4.69, 9.17) is 23.4 Å². The first kappa shape index (κ1) is 24.2. The van der Waals surface area contributed by atoms with E-state index in [2.05, 4.69) is 10.2 Å². The Balaban J connectivity index is 1.35. The average molecular weight is 481 g/mol. The molecule has 0 unspecified atom stereocenters. The summed E-state index contributed by atoms with van der Waals surface area (Å²) in [6, 6.07) is 12.4. The van der Waals surface area contributed by atoms with Gasteiger partial charge in [0, 0.05) is 19.2 Å². The molecule has 35 heavy (non-hydrogen) atoms. The number of methoxy groups -OCH3 is 3. The minimum absolute atomic E-state index is 0.0234. The number of nitrogens with zero attached hydrogens (tertiary/aromatic N) is 1. The monoisotopic (exact) mass is 480 g/mol. The highest BCUT2D eigenvalue weighted by molar-refractivity contribution is 5.93. The van der Waals surface area contributed by atoms with E-state index in [0.29, 0.717) is 36.0 Å². The molecule has 0 saturated heterocycles. The Morgan fingerprint density at radius 1 is 0.971 bits per heavy atom. The summed E-state index contributed by atoms with van der Waals surface area (Å²) < 4.78 is 27.0. The SMILES string of the molecule is COc1ccccc1NC(=O)COc1coc(CN2CCc3cc(OC)c(OC)cc3C2)cc1=O. The Bertz CT molecular complexity index is 1250. The zero-order valence-electron chi connectivity index (χ0n) is 20.0. The van der Waals surface area contributed by atoms with Crippen LogP contribution in [0.5, 0.6) is 23.0 Å². The van der Waals surface area contributed by atoms with E-state index < -0.39 is 5.91 Å². The molecule has 0 spiro atoms. The van der Waals surface area contributed by atoms with Crippen molar-refractivity contribution in [1.29, 1.82) is 0 Å². The van der Waals surface area contributed by atoms with Crippen molar-refractivity contribution in [2.45, 2.75) is 19.5 Å². The molecule has 1 N–H and O–H groups in total. The van der Waals surface area contributed by atoms with Crippen LogP contribution >= 0.6 is 0 Å². The maximum Gasteiger partial charge on any atom is 0.262 e. The maximum absolute atomic E-state index is 12.5. The summed E-state index contributed by atoms with van der Waals surface area (Å²) in [5, 5.41) is 2.70. The summed E-state index contributed by atoms with van der Waals surface area (Å²) in [6.45, 7) is 1.64. The van der Waals surface area contributed by atoms with Crippen LogP contribution in [0, 0.1) is 0 Å². The molecule has 4 rings (SSSR count). The molecule has 0 saturated carbocycles. The molecular weight excluding hydrogens is 452 g/mol. The molecule has 1 aliphatic rings. The van der Waals surface area contributed by atoms with Gasteiger partial charge in [0.15, 0.2) is 18.1 Å². The van der Waals surface area contributed by atoms with Crippen LogP contribution in [0.1, 0.15) is 16.9 Å². The lowest BCUT2D eigenvalue weighted by molar-refractivity contribution is -0.118. The zero-order valence-corrected chi connectivity index (χ0v) is 20.0. The van der Waals surface area contributed by atoms with Gasteiger partial charge in [-0.15, -0.1) is 0 Å². The van der Waals surface area contributed by atoms with E-state index in [-0.39, 0.29) is 17.8 Å². The van der Waals surface area contributed by atoms with E-state index in [1.165, 1.54) is 25.0 Å². The van der Waals surface area contributed by atoms with Crippen molar-refractivity contribution in [3.05, 3.63) is 75.8 Å². The number of amides is 1. The Labute approximate surface area is 203 Å². The summed E-state index contributed by atoms with van der Waals surface area (Å²) in [6.07, 6.45) is 2.10. The molecule has 0 bridgehead atoms. The van der Waals surface area contributed by atoms with Crippen molar-refractivity contribution >= 4 is 11.6 Å². The van der Waals surface area contributed by atoms with Crippen molar-refractivity contribution in [3.63, 3.8) is 0 Å². The predicted molar refractivity (Wildman–Crippen MR) is 129 cm³/mol. The number of carbonyl (C=O) groups excluding carboxylic acids is 1. The second-order valence-corrected chi connectivity index (χ2v) is 8.05. The molecule has 9 heteroatoms. The van der Waals surface area contributed by atoms with Gasteiger partial charge in [-0.2, -0.15) is 0 Å². The van der Waals surface area contributed by atoms with Crippen LogP contribution in [0.4, 0.5) is 5.69 Å². The van der Waals surface area contributed by atoms with Gasteiger partial charge in [-0.3, -0.25) is 14.5 Å². The highest BCUT2D eigenvalue weighted by Gasteiger charge is 2.20. The Kier molecular flexibility index (Phi) is 7.57. The molecule has 0 aliphatic carbocycles. The van der Waals surface area contributed by atoms with Gasteiger partial charge in [0.1, 0.15) is 17.8 Å². The van der Waals surface area contributed by atoms with Crippen LogP contribution in [-0.2, 0) is 24.3 Å². The molecule has 9 nitrogen and oxygen atoms in total. The molecule has 1 amide bonds. The highest BCUT2D eigenvalue weighted by Crippen LogP contribution is 2.33. The number of benzene rings is 2. The second-order valence-electron chi connectivity index (χ2n) is 8.05. The number of nitrogens with one attached hydrogen (secondary N) is 1. The fraction of sp³-hybridized carbons (Fsp3) is 0.308. The number of carbonyl (C=O) groups is 1. The first-order valence-electron chi connectivity index (χ1n) is 11.1. The van der Waals surface area contributed by atoms with Gasteiger partial charge in [0.2, 0.25) is 11.2 Å². The number of anilines is 1. The van der Waals surface area contributed by atoms with Crippen molar-refractivity contribution < 1.29 is 28.2 Å². The lowest BCUT2D eigenvalue weighted by atomic mass is 9.98. The normalized spacial score (nSPS) is 13.0. The zero-order chi connectivity index (χ0) is 24.8. The molecule has 1 aromatic heterocycles. The van der Waals surface area contributed by atoms with Crippen molar-refractivity contribution in [2.24, 2.45) is 0 Å². The molecule has 2 heterocycles. The van der Waals surface area contributed by atoms with E-state index in [1.54, 1.807) is 38.5 Å². The Morgan fingerprint density at radius 3 is 2.40 bits per heavy atom. The lowest BCUT2D eigenvalue weighted by Crippen LogP contribution is -2.30. The molecular formula is C26H28N2O7. The Hall–Kier alpha value is -3.98. The summed E-state index contributed by atoms with van der Waals surface area (Å²) in [4.78, 5) is 26.9. The number of hydrogen-bond acceptors (Lipinski definition) is 8. The van der Waals surface area contributed by atoms with E-state index in [9.17, 15) is 9.59 Å². The maximum atomic E-state index is 12.5. The van der Waals surface area contributed by atoms with Gasteiger partial charge in [0.05, 0.1) is 33.6 Å². The number of para-hydroxylation sites is 2. The lowest BCUT2D eigenvalue weighted by Gasteiger charge is -2.29. The molecule has 0 atom stereocenters. The highest BCUT2D eigenvalue weighted by atomic mass is 16.5. The van der Waals surface area contributed by atoms with E-state index >= 15 is 0 Å². The standard InChI is InChI=1S/C26H28N2O7/c1-31-22-7-5-4-6-20(22)27-26(30)16-35-25-15-34-19(12-21(25)29)14-28-9-8-17-10-23(32-2)24(33-3)11-18(17)13-28/h4-7,10-12,15H,8-9,13-14,16H2,1-3H3,(H,27,30). The van der Waals surface area contributed by atoms with Crippen LogP contribution in [-0.4, -0.2) is 45.3 Å². The summed E-state index contributed by atoms with van der Waals surface area (Å²) in [7, 11) is 4.76. The minimum atomic E-state index is -0.419. The fourth-order valence-corrected chi connectivity index (χ4v) is 4.00. The van der Waals surface area contributed by atoms with Crippen molar-refractivity contribution in [3.8, 4) is 23.0 Å². The van der Waals surface area contributed by atoms with Gasteiger partial charge in [-0.25, -0.2) is 0 Å². The van der Waals surface area contributed by atoms with Gasteiger partial charge >= 0.3 is 0 Å². The van der Waals surface area contributed by atoms with E-state index in [1.807, 2.05) is 12.1 Å². The first-order valence-corrected chi connectivity index (χ1v) is 11.1. The number of ether oxygens (including phenoxy) is 4. The van der Waals surface area contributed by atoms with Crippen molar-refractivity contribution in [1.82, 2.24) is 4.90 Å². The average Bonchev–Trinajstić information content (AvgIpc) is 2.87. The van der Waals surface area contributed by atoms with Gasteiger partial charge < -0.3 is 28.7 Å². The van der Waals surface area contributed by atoms with Crippen LogP contribution in [0.15, 0.2) is 57.9 Å².